The van der Waals surface area contributed by atoms with Gasteiger partial charge in [-0.2, -0.15) is 0 Å². The summed E-state index contributed by atoms with van der Waals surface area (Å²) < 4.78 is 22.1. The van der Waals surface area contributed by atoms with Crippen LogP contribution in [0, 0.1) is 0 Å². The van der Waals surface area contributed by atoms with Crippen LogP contribution in [-0.4, -0.2) is 49.2 Å². The van der Waals surface area contributed by atoms with Gasteiger partial charge in [-0.15, -0.1) is 0 Å². The van der Waals surface area contributed by atoms with E-state index in [1.165, 1.54) is 0 Å². The first-order valence-electron chi connectivity index (χ1n) is 4.67. The first-order chi connectivity index (χ1) is 6.05. The molecule has 1 atom stereocenters. The van der Waals surface area contributed by atoms with E-state index in [0.717, 1.165) is 12.8 Å². The third-order valence-corrected chi connectivity index (χ3v) is 3.96. The smallest absolute Gasteiger partial charge is 0.152 e. The number of rotatable bonds is 3. The van der Waals surface area contributed by atoms with Crippen molar-refractivity contribution < 1.29 is 13.5 Å². The van der Waals surface area contributed by atoms with Crippen LogP contribution in [0.4, 0.5) is 0 Å². The Hall–Kier alpha value is -0.130. The van der Waals surface area contributed by atoms with E-state index < -0.39 is 16.1 Å². The van der Waals surface area contributed by atoms with E-state index in [0.29, 0.717) is 13.1 Å². The van der Waals surface area contributed by atoms with Crippen molar-refractivity contribution >= 4 is 9.84 Å². The highest BCUT2D eigenvalue weighted by Gasteiger charge is 2.25. The number of hydrogen-bond acceptors (Lipinski definition) is 4. The second-order valence-corrected chi connectivity index (χ2v) is 5.76. The van der Waals surface area contributed by atoms with Crippen molar-refractivity contribution in [2.75, 3.05) is 24.6 Å². The van der Waals surface area contributed by atoms with E-state index in [4.69, 9.17) is 0 Å². The van der Waals surface area contributed by atoms with Crippen molar-refractivity contribution in [3.63, 3.8) is 0 Å². The molecule has 0 radical (unpaired) electrons. The minimum absolute atomic E-state index is 0.188. The number of nitrogens with zero attached hydrogens (tertiary/aromatic N) is 1. The minimum Gasteiger partial charge on any atom is -0.378 e. The van der Waals surface area contributed by atoms with Crippen LogP contribution in [0.3, 0.4) is 0 Å². The first-order valence-corrected chi connectivity index (χ1v) is 6.50. The van der Waals surface area contributed by atoms with Gasteiger partial charge in [-0.25, -0.2) is 8.42 Å². The lowest BCUT2D eigenvalue weighted by molar-refractivity contribution is 0.00304. The molecule has 0 aromatic carbocycles. The van der Waals surface area contributed by atoms with Gasteiger partial charge in [0.1, 0.15) is 6.23 Å². The van der Waals surface area contributed by atoms with Crippen molar-refractivity contribution in [3.8, 4) is 0 Å². The first kappa shape index (κ1) is 10.9. The lowest BCUT2D eigenvalue weighted by Gasteiger charge is -2.30. The number of aliphatic hydroxyl groups is 1. The third-order valence-electron chi connectivity index (χ3n) is 2.35. The van der Waals surface area contributed by atoms with Crippen LogP contribution in [0.2, 0.25) is 0 Å². The molecule has 1 heterocycles. The highest BCUT2D eigenvalue weighted by Crippen LogP contribution is 2.09. The molecule has 1 aliphatic heterocycles. The zero-order chi connectivity index (χ0) is 9.90. The van der Waals surface area contributed by atoms with Crippen molar-refractivity contribution in [1.29, 1.82) is 0 Å². The van der Waals surface area contributed by atoms with Crippen LogP contribution >= 0.6 is 0 Å². The van der Waals surface area contributed by atoms with Crippen molar-refractivity contribution in [2.24, 2.45) is 0 Å². The quantitative estimate of drug-likeness (QED) is 0.698. The summed E-state index contributed by atoms with van der Waals surface area (Å²) in [5.74, 6) is 0.377. The fraction of sp³-hybridized carbons (Fsp3) is 1.00. The Morgan fingerprint density at radius 2 is 1.92 bits per heavy atom. The van der Waals surface area contributed by atoms with Crippen LogP contribution in [0.25, 0.3) is 0 Å². The predicted molar refractivity (Wildman–Crippen MR) is 51.1 cm³/mol. The summed E-state index contributed by atoms with van der Waals surface area (Å²) in [7, 11) is -2.82. The summed E-state index contributed by atoms with van der Waals surface area (Å²) in [6, 6.07) is 0. The maximum absolute atomic E-state index is 11.1. The highest BCUT2D eigenvalue weighted by molar-refractivity contribution is 7.91. The summed E-state index contributed by atoms with van der Waals surface area (Å²) in [5, 5.41) is 9.58. The van der Waals surface area contributed by atoms with Gasteiger partial charge in [0.05, 0.1) is 11.5 Å². The fourth-order valence-electron chi connectivity index (χ4n) is 1.47. The van der Waals surface area contributed by atoms with E-state index in [1.807, 2.05) is 11.8 Å². The lowest BCUT2D eigenvalue weighted by Crippen LogP contribution is -2.45. The van der Waals surface area contributed by atoms with Crippen LogP contribution in [-0.2, 0) is 9.84 Å². The molecule has 1 aliphatic rings. The average Bonchev–Trinajstić information content (AvgIpc) is 2.04. The minimum atomic E-state index is -2.82. The van der Waals surface area contributed by atoms with Gasteiger partial charge in [-0.05, 0) is 6.42 Å². The van der Waals surface area contributed by atoms with Gasteiger partial charge in [0, 0.05) is 13.1 Å². The molecular formula is C8H17NO3S. The summed E-state index contributed by atoms with van der Waals surface area (Å²) in [4.78, 5) is 1.84. The predicted octanol–water partition coefficient (Wildman–Crippen LogP) is -0.165. The summed E-state index contributed by atoms with van der Waals surface area (Å²) in [5.41, 5.74) is 0. The maximum Gasteiger partial charge on any atom is 0.152 e. The van der Waals surface area contributed by atoms with Crippen LogP contribution < -0.4 is 0 Å². The Labute approximate surface area is 79.5 Å². The molecule has 1 unspecified atom stereocenters. The molecule has 0 saturated carbocycles. The molecule has 1 saturated heterocycles. The summed E-state index contributed by atoms with van der Waals surface area (Å²) >= 11 is 0. The molecule has 4 nitrogen and oxygen atoms in total. The summed E-state index contributed by atoms with van der Waals surface area (Å²) in [6.07, 6.45) is 1.19. The van der Waals surface area contributed by atoms with Gasteiger partial charge >= 0.3 is 0 Å². The molecule has 1 N–H and O–H groups in total. The molecule has 78 valence electrons. The number of sulfone groups is 1. The zero-order valence-corrected chi connectivity index (χ0v) is 8.76. The maximum atomic E-state index is 11.1. The van der Waals surface area contributed by atoms with E-state index in [2.05, 4.69) is 0 Å². The van der Waals surface area contributed by atoms with Crippen LogP contribution in [0.1, 0.15) is 19.8 Å². The standard InChI is InChI=1S/C8H17NO3S/c1-2-3-8(10)9-4-6-13(11,12)7-5-9/h8,10H,2-7H2,1H3. The molecule has 0 spiro atoms. The molecule has 0 aromatic heterocycles. The van der Waals surface area contributed by atoms with Crippen LogP contribution in [0.5, 0.6) is 0 Å². The van der Waals surface area contributed by atoms with Gasteiger partial charge < -0.3 is 5.11 Å². The van der Waals surface area contributed by atoms with Crippen molar-refractivity contribution in [2.45, 2.75) is 26.0 Å². The monoisotopic (exact) mass is 207 g/mol. The molecule has 13 heavy (non-hydrogen) atoms. The molecule has 1 fully saturated rings. The third kappa shape index (κ3) is 3.25. The fourth-order valence-corrected chi connectivity index (χ4v) is 2.69. The van der Waals surface area contributed by atoms with Crippen molar-refractivity contribution in [1.82, 2.24) is 4.90 Å². The second kappa shape index (κ2) is 4.39. The normalized spacial score (nSPS) is 25.7. The number of aliphatic hydroxyl groups excluding tert-OH is 1. The van der Waals surface area contributed by atoms with E-state index in [-0.39, 0.29) is 11.5 Å². The molecule has 0 amide bonds. The van der Waals surface area contributed by atoms with E-state index in [9.17, 15) is 13.5 Å². The van der Waals surface area contributed by atoms with Crippen molar-refractivity contribution in [3.05, 3.63) is 0 Å². The molecular weight excluding hydrogens is 190 g/mol. The molecule has 5 heteroatoms. The van der Waals surface area contributed by atoms with Crippen LogP contribution in [0.15, 0.2) is 0 Å². The van der Waals surface area contributed by atoms with Gasteiger partial charge in [0.2, 0.25) is 0 Å². The van der Waals surface area contributed by atoms with E-state index >= 15 is 0 Å². The SMILES string of the molecule is CCCC(O)N1CCS(=O)(=O)CC1. The van der Waals surface area contributed by atoms with E-state index in [1.54, 1.807) is 0 Å². The Balaban J connectivity index is 2.40. The Kier molecular flexibility index (Phi) is 3.70. The Morgan fingerprint density at radius 3 is 2.38 bits per heavy atom. The topological polar surface area (TPSA) is 57.6 Å². The molecule has 0 aromatic rings. The zero-order valence-electron chi connectivity index (χ0n) is 7.94. The lowest BCUT2D eigenvalue weighted by atomic mass is 10.3. The Bertz CT molecular complexity index is 236. The molecule has 0 aliphatic carbocycles. The number of hydrogen-bond donors (Lipinski definition) is 1. The highest BCUT2D eigenvalue weighted by atomic mass is 32.2. The molecule has 1 rings (SSSR count). The second-order valence-electron chi connectivity index (χ2n) is 3.46. The van der Waals surface area contributed by atoms with Gasteiger partial charge in [0.15, 0.2) is 9.84 Å². The molecule has 0 bridgehead atoms. The van der Waals surface area contributed by atoms with Gasteiger partial charge in [-0.3, -0.25) is 4.90 Å². The largest absolute Gasteiger partial charge is 0.378 e. The summed E-state index contributed by atoms with van der Waals surface area (Å²) in [6.45, 7) is 2.96. The average molecular weight is 207 g/mol. The van der Waals surface area contributed by atoms with Gasteiger partial charge in [0.25, 0.3) is 0 Å². The van der Waals surface area contributed by atoms with Gasteiger partial charge in [-0.1, -0.05) is 13.3 Å². The Morgan fingerprint density at radius 1 is 1.38 bits per heavy atom.